The minimum atomic E-state index is -1.10. The number of ether oxygens (including phenoxy) is 1. The summed E-state index contributed by atoms with van der Waals surface area (Å²) in [7, 11) is 0. The Bertz CT molecular complexity index is 614. The summed E-state index contributed by atoms with van der Waals surface area (Å²) in [5.41, 5.74) is 1.08. The molecule has 0 saturated heterocycles. The Morgan fingerprint density at radius 1 is 1.15 bits per heavy atom. The fraction of sp³-hybridized carbons (Fsp3) is 0.133. The number of benzene rings is 2. The molecule has 0 aliphatic rings. The second-order valence-corrected chi connectivity index (χ2v) is 5.21. The molecule has 0 aromatic heterocycles. The van der Waals surface area contributed by atoms with E-state index in [-0.39, 0.29) is 18.2 Å². The number of hydrogen-bond donors (Lipinski definition) is 0. The van der Waals surface area contributed by atoms with Gasteiger partial charge in [0.1, 0.15) is 18.2 Å². The Balaban J connectivity index is 2.07. The third-order valence-electron chi connectivity index (χ3n) is 2.61. The monoisotopic (exact) mass is 312 g/mol. The standard InChI is InChI=1S/C15H11Cl2FO2/c16-15(17)14(19)11-4-2-6-13(8-11)20-9-10-3-1-5-12(18)7-10/h1-8,15H,9H2. The van der Waals surface area contributed by atoms with Crippen molar-refractivity contribution < 1.29 is 13.9 Å². The lowest BCUT2D eigenvalue weighted by Crippen LogP contribution is -2.08. The molecular weight excluding hydrogens is 302 g/mol. The number of hydrogen-bond acceptors (Lipinski definition) is 2. The van der Waals surface area contributed by atoms with E-state index in [1.807, 2.05) is 0 Å². The summed E-state index contributed by atoms with van der Waals surface area (Å²) in [4.78, 5) is 10.5. The van der Waals surface area contributed by atoms with Gasteiger partial charge in [-0.2, -0.15) is 0 Å². The molecule has 0 spiro atoms. The molecule has 0 bridgehead atoms. The van der Waals surface area contributed by atoms with Crippen molar-refractivity contribution >= 4 is 29.0 Å². The molecule has 0 fully saturated rings. The number of Topliss-reactive ketones (excluding diaryl/α,β-unsaturated/α-hetero) is 1. The minimum absolute atomic E-state index is 0.209. The van der Waals surface area contributed by atoms with Crippen LogP contribution in [0.5, 0.6) is 5.75 Å². The zero-order valence-corrected chi connectivity index (χ0v) is 11.9. The van der Waals surface area contributed by atoms with Crippen molar-refractivity contribution in [1.82, 2.24) is 0 Å². The number of rotatable bonds is 5. The largest absolute Gasteiger partial charge is 0.489 e. The third-order valence-corrected chi connectivity index (χ3v) is 3.01. The summed E-state index contributed by atoms with van der Waals surface area (Å²) >= 11 is 11.1. The normalized spacial score (nSPS) is 10.6. The highest BCUT2D eigenvalue weighted by molar-refractivity contribution is 6.55. The van der Waals surface area contributed by atoms with E-state index in [2.05, 4.69) is 0 Å². The first-order valence-electron chi connectivity index (χ1n) is 5.86. The predicted octanol–water partition coefficient (Wildman–Crippen LogP) is 4.39. The van der Waals surface area contributed by atoms with Crippen LogP contribution in [0.2, 0.25) is 0 Å². The average Bonchev–Trinajstić information content (AvgIpc) is 2.44. The number of alkyl halides is 2. The number of ketones is 1. The van der Waals surface area contributed by atoms with Crippen molar-refractivity contribution in [3.8, 4) is 5.75 Å². The molecule has 0 amide bonds. The molecule has 0 aliphatic carbocycles. The maximum atomic E-state index is 13.0. The van der Waals surface area contributed by atoms with Crippen molar-refractivity contribution in [1.29, 1.82) is 0 Å². The van der Waals surface area contributed by atoms with E-state index >= 15 is 0 Å². The first kappa shape index (κ1) is 14.8. The van der Waals surface area contributed by atoms with Crippen LogP contribution >= 0.6 is 23.2 Å². The molecule has 0 unspecified atom stereocenters. The van der Waals surface area contributed by atoms with Crippen LogP contribution in [0.15, 0.2) is 48.5 Å². The quantitative estimate of drug-likeness (QED) is 0.604. The lowest BCUT2D eigenvalue weighted by molar-refractivity contribution is 0.101. The maximum absolute atomic E-state index is 13.0. The van der Waals surface area contributed by atoms with Crippen molar-refractivity contribution in [2.45, 2.75) is 11.4 Å². The highest BCUT2D eigenvalue weighted by Gasteiger charge is 2.14. The Kier molecular flexibility index (Phi) is 4.99. The molecule has 0 heterocycles. The molecule has 0 aliphatic heterocycles. The van der Waals surface area contributed by atoms with E-state index in [1.165, 1.54) is 12.1 Å². The van der Waals surface area contributed by atoms with Gasteiger partial charge in [0.15, 0.2) is 10.6 Å². The van der Waals surface area contributed by atoms with Gasteiger partial charge in [0.2, 0.25) is 0 Å². The minimum Gasteiger partial charge on any atom is -0.489 e. The van der Waals surface area contributed by atoms with Crippen LogP contribution in [0.25, 0.3) is 0 Å². The highest BCUT2D eigenvalue weighted by atomic mass is 35.5. The van der Waals surface area contributed by atoms with Gasteiger partial charge in [0, 0.05) is 5.56 Å². The first-order valence-corrected chi connectivity index (χ1v) is 6.73. The van der Waals surface area contributed by atoms with Crippen molar-refractivity contribution in [2.24, 2.45) is 0 Å². The summed E-state index contributed by atoms with van der Waals surface area (Å²) in [6, 6.07) is 12.7. The highest BCUT2D eigenvalue weighted by Crippen LogP contribution is 2.19. The number of carbonyl (C=O) groups is 1. The van der Waals surface area contributed by atoms with Crippen LogP contribution in [-0.4, -0.2) is 10.6 Å². The van der Waals surface area contributed by atoms with E-state index in [1.54, 1.807) is 36.4 Å². The molecule has 104 valence electrons. The first-order chi connectivity index (χ1) is 9.56. The van der Waals surface area contributed by atoms with Gasteiger partial charge in [-0.25, -0.2) is 4.39 Å². The van der Waals surface area contributed by atoms with Crippen LogP contribution in [0.4, 0.5) is 4.39 Å². The van der Waals surface area contributed by atoms with Gasteiger partial charge in [-0.05, 0) is 29.8 Å². The van der Waals surface area contributed by atoms with Gasteiger partial charge in [0.25, 0.3) is 0 Å². The average molecular weight is 313 g/mol. The van der Waals surface area contributed by atoms with Crippen LogP contribution in [0.1, 0.15) is 15.9 Å². The van der Waals surface area contributed by atoms with Gasteiger partial charge in [-0.3, -0.25) is 4.79 Å². The molecule has 0 N–H and O–H groups in total. The Hall–Kier alpha value is -1.58. The van der Waals surface area contributed by atoms with Crippen LogP contribution in [0, 0.1) is 5.82 Å². The van der Waals surface area contributed by atoms with E-state index in [0.717, 1.165) is 0 Å². The van der Waals surface area contributed by atoms with Crippen molar-refractivity contribution in [3.63, 3.8) is 0 Å². The van der Waals surface area contributed by atoms with Gasteiger partial charge in [-0.1, -0.05) is 47.5 Å². The molecule has 2 aromatic carbocycles. The second kappa shape index (κ2) is 6.73. The molecule has 20 heavy (non-hydrogen) atoms. The zero-order valence-electron chi connectivity index (χ0n) is 10.4. The maximum Gasteiger partial charge on any atom is 0.195 e. The van der Waals surface area contributed by atoms with Gasteiger partial charge >= 0.3 is 0 Å². The fourth-order valence-corrected chi connectivity index (χ4v) is 1.91. The summed E-state index contributed by atoms with van der Waals surface area (Å²) in [5, 5.41) is 0. The zero-order chi connectivity index (χ0) is 14.5. The summed E-state index contributed by atoms with van der Waals surface area (Å²) in [6.45, 7) is 0.209. The topological polar surface area (TPSA) is 26.3 Å². The number of carbonyl (C=O) groups excluding carboxylic acids is 1. The van der Waals surface area contributed by atoms with Gasteiger partial charge < -0.3 is 4.74 Å². The van der Waals surface area contributed by atoms with Gasteiger partial charge in [0.05, 0.1) is 0 Å². The molecule has 5 heteroatoms. The SMILES string of the molecule is O=C(c1cccc(OCc2cccc(F)c2)c1)C(Cl)Cl. The smallest absolute Gasteiger partial charge is 0.195 e. The van der Waals surface area contributed by atoms with Crippen molar-refractivity contribution in [2.75, 3.05) is 0 Å². The Morgan fingerprint density at radius 3 is 2.60 bits per heavy atom. The summed E-state index contributed by atoms with van der Waals surface area (Å²) in [5.74, 6) is -0.208. The number of halogens is 3. The molecular formula is C15H11Cl2FO2. The summed E-state index contributed by atoms with van der Waals surface area (Å²) in [6.07, 6.45) is 0. The lowest BCUT2D eigenvalue weighted by Gasteiger charge is -2.08. The Labute approximate surface area is 126 Å². The predicted molar refractivity (Wildman–Crippen MR) is 77.0 cm³/mol. The second-order valence-electron chi connectivity index (χ2n) is 4.11. The van der Waals surface area contributed by atoms with E-state index < -0.39 is 4.84 Å². The summed E-state index contributed by atoms with van der Waals surface area (Å²) < 4.78 is 18.5. The molecule has 0 saturated carbocycles. The van der Waals surface area contributed by atoms with Crippen LogP contribution in [-0.2, 0) is 6.61 Å². The molecule has 0 radical (unpaired) electrons. The van der Waals surface area contributed by atoms with Crippen LogP contribution < -0.4 is 4.74 Å². The van der Waals surface area contributed by atoms with Gasteiger partial charge in [-0.15, -0.1) is 0 Å². The molecule has 0 atom stereocenters. The molecule has 2 nitrogen and oxygen atoms in total. The van der Waals surface area contributed by atoms with Crippen LogP contribution in [0.3, 0.4) is 0 Å². The molecule has 2 aromatic rings. The Morgan fingerprint density at radius 2 is 1.90 bits per heavy atom. The third kappa shape index (κ3) is 3.95. The molecule has 2 rings (SSSR count). The fourth-order valence-electron chi connectivity index (χ4n) is 1.66. The van der Waals surface area contributed by atoms with E-state index in [0.29, 0.717) is 16.9 Å². The van der Waals surface area contributed by atoms with E-state index in [9.17, 15) is 9.18 Å². The van der Waals surface area contributed by atoms with E-state index in [4.69, 9.17) is 27.9 Å². The lowest BCUT2D eigenvalue weighted by atomic mass is 10.1. The van der Waals surface area contributed by atoms with Crippen molar-refractivity contribution in [3.05, 3.63) is 65.5 Å².